The molecule has 1 heterocycles. The summed E-state index contributed by atoms with van der Waals surface area (Å²) in [5.41, 5.74) is 3.15. The van der Waals surface area contributed by atoms with E-state index in [9.17, 15) is 10.1 Å². The monoisotopic (exact) mass is 444 g/mol. The maximum absolute atomic E-state index is 11.2. The lowest BCUT2D eigenvalue weighted by Gasteiger charge is -2.37. The third kappa shape index (κ3) is 3.13. The zero-order valence-electron chi connectivity index (χ0n) is 15.6. The minimum absolute atomic E-state index is 0.0647. The molecule has 146 valence electrons. The van der Waals surface area contributed by atoms with Gasteiger partial charge in [-0.2, -0.15) is 0 Å². The van der Waals surface area contributed by atoms with Crippen LogP contribution in [0.2, 0.25) is 0 Å². The van der Waals surface area contributed by atoms with Gasteiger partial charge in [-0.05, 0) is 64.5 Å². The van der Waals surface area contributed by atoms with Crippen molar-refractivity contribution in [2.24, 2.45) is 5.92 Å². The molecular weight excluding hydrogens is 424 g/mol. The minimum atomic E-state index is -0.339. The third-order valence-corrected chi connectivity index (χ3v) is 6.05. The van der Waals surface area contributed by atoms with E-state index in [0.717, 1.165) is 27.7 Å². The van der Waals surface area contributed by atoms with Gasteiger partial charge in [0.15, 0.2) is 11.5 Å². The summed E-state index contributed by atoms with van der Waals surface area (Å²) >= 11 is 3.61. The Bertz CT molecular complexity index is 960. The molecule has 0 saturated carbocycles. The average molecular weight is 445 g/mol. The molecule has 0 unspecified atom stereocenters. The standard InChI is InChI=1S/C21H21BrN2O4/c1-3-28-21-17(22)9-12(10-19(21)27-2)20-15-6-4-5-14(15)16-11-13(24(25)26)7-8-18(16)23-20/h4-5,7-11,14-15,20,23H,3,6H2,1-2H3/t14-,15-,20-/m0/s1. The Morgan fingerprint density at radius 3 is 2.86 bits per heavy atom. The molecule has 0 bridgehead atoms. The summed E-state index contributed by atoms with van der Waals surface area (Å²) in [4.78, 5) is 10.9. The molecule has 1 aliphatic heterocycles. The highest BCUT2D eigenvalue weighted by atomic mass is 79.9. The molecule has 3 atom stereocenters. The van der Waals surface area contributed by atoms with Crippen molar-refractivity contribution in [3.05, 3.63) is 68.2 Å². The molecule has 0 radical (unpaired) electrons. The Kier molecular flexibility index (Phi) is 5.02. The van der Waals surface area contributed by atoms with Crippen molar-refractivity contribution in [3.8, 4) is 11.5 Å². The van der Waals surface area contributed by atoms with Gasteiger partial charge in [-0.15, -0.1) is 0 Å². The Morgan fingerprint density at radius 1 is 1.32 bits per heavy atom. The number of nitrogens with zero attached hydrogens (tertiary/aromatic N) is 1. The molecule has 1 N–H and O–H groups in total. The number of benzene rings is 2. The second kappa shape index (κ2) is 7.47. The number of ether oxygens (including phenoxy) is 2. The van der Waals surface area contributed by atoms with Crippen molar-refractivity contribution < 1.29 is 14.4 Å². The summed E-state index contributed by atoms with van der Waals surface area (Å²) in [5.74, 6) is 1.81. The molecule has 2 aromatic carbocycles. The number of anilines is 1. The molecule has 0 fully saturated rings. The maximum Gasteiger partial charge on any atom is 0.269 e. The summed E-state index contributed by atoms with van der Waals surface area (Å²) in [6.07, 6.45) is 5.25. The summed E-state index contributed by atoms with van der Waals surface area (Å²) in [6, 6.07) is 9.20. The van der Waals surface area contributed by atoms with E-state index >= 15 is 0 Å². The third-order valence-electron chi connectivity index (χ3n) is 5.46. The molecule has 2 aliphatic rings. The number of hydrogen-bond acceptors (Lipinski definition) is 5. The Hall–Kier alpha value is -2.54. The molecule has 0 amide bonds. The topological polar surface area (TPSA) is 73.6 Å². The number of hydrogen-bond donors (Lipinski definition) is 1. The molecular formula is C21H21BrN2O4. The van der Waals surface area contributed by atoms with Gasteiger partial charge in [0.2, 0.25) is 0 Å². The number of rotatable bonds is 5. The molecule has 0 spiro atoms. The second-order valence-corrected chi connectivity index (χ2v) is 7.83. The zero-order valence-corrected chi connectivity index (χ0v) is 17.2. The van der Waals surface area contributed by atoms with E-state index in [1.54, 1.807) is 19.2 Å². The fourth-order valence-corrected chi connectivity index (χ4v) is 4.80. The van der Waals surface area contributed by atoms with Crippen LogP contribution < -0.4 is 14.8 Å². The quantitative estimate of drug-likeness (QED) is 0.369. The fraction of sp³-hybridized carbons (Fsp3) is 0.333. The SMILES string of the molecule is CCOc1c(Br)cc([C@@H]2Nc3ccc([N+](=O)[O-])cc3[C@H]3C=CC[C@@H]32)cc1OC. The van der Waals surface area contributed by atoms with E-state index < -0.39 is 0 Å². The predicted molar refractivity (Wildman–Crippen MR) is 111 cm³/mol. The number of allylic oxidation sites excluding steroid dienone is 2. The first-order valence-electron chi connectivity index (χ1n) is 9.25. The molecule has 6 nitrogen and oxygen atoms in total. The number of fused-ring (bicyclic) bond motifs is 3. The van der Waals surface area contributed by atoms with Gasteiger partial charge < -0.3 is 14.8 Å². The lowest BCUT2D eigenvalue weighted by molar-refractivity contribution is -0.384. The van der Waals surface area contributed by atoms with Gasteiger partial charge in [-0.3, -0.25) is 10.1 Å². The summed E-state index contributed by atoms with van der Waals surface area (Å²) < 4.78 is 12.1. The highest BCUT2D eigenvalue weighted by Crippen LogP contribution is 2.51. The van der Waals surface area contributed by atoms with Crippen LogP contribution in [0.5, 0.6) is 11.5 Å². The van der Waals surface area contributed by atoms with Gasteiger partial charge >= 0.3 is 0 Å². The van der Waals surface area contributed by atoms with Crippen LogP contribution in [0.3, 0.4) is 0 Å². The Labute approximate surface area is 171 Å². The minimum Gasteiger partial charge on any atom is -0.493 e. The fourth-order valence-electron chi connectivity index (χ4n) is 4.23. The van der Waals surface area contributed by atoms with Crippen molar-refractivity contribution in [3.63, 3.8) is 0 Å². The van der Waals surface area contributed by atoms with Gasteiger partial charge in [0, 0.05) is 23.7 Å². The number of nitrogens with one attached hydrogen (secondary N) is 1. The number of methoxy groups -OCH3 is 1. The Balaban J connectivity index is 1.76. The van der Waals surface area contributed by atoms with Gasteiger partial charge in [-0.25, -0.2) is 0 Å². The summed E-state index contributed by atoms with van der Waals surface area (Å²) in [5, 5.41) is 14.8. The largest absolute Gasteiger partial charge is 0.493 e. The molecule has 0 saturated heterocycles. The van der Waals surface area contributed by atoms with Gasteiger partial charge in [-0.1, -0.05) is 12.2 Å². The van der Waals surface area contributed by atoms with E-state index in [1.165, 1.54) is 0 Å². The average Bonchev–Trinajstić information content (AvgIpc) is 3.18. The van der Waals surface area contributed by atoms with Crippen LogP contribution in [0.1, 0.15) is 36.4 Å². The summed E-state index contributed by atoms with van der Waals surface area (Å²) in [6.45, 7) is 2.49. The van der Waals surface area contributed by atoms with E-state index in [2.05, 4.69) is 39.5 Å². The van der Waals surface area contributed by atoms with Crippen LogP contribution in [0.4, 0.5) is 11.4 Å². The zero-order chi connectivity index (χ0) is 19.8. The Morgan fingerprint density at radius 2 is 2.14 bits per heavy atom. The normalized spacial score (nSPS) is 22.2. The van der Waals surface area contributed by atoms with Crippen LogP contribution in [0.15, 0.2) is 47.0 Å². The van der Waals surface area contributed by atoms with Crippen molar-refractivity contribution in [2.45, 2.75) is 25.3 Å². The number of nitro groups is 1. The highest BCUT2D eigenvalue weighted by molar-refractivity contribution is 9.10. The van der Waals surface area contributed by atoms with E-state index in [0.29, 0.717) is 18.1 Å². The molecule has 4 rings (SSSR count). The van der Waals surface area contributed by atoms with Crippen LogP contribution >= 0.6 is 15.9 Å². The van der Waals surface area contributed by atoms with Crippen LogP contribution in [0, 0.1) is 16.0 Å². The van der Waals surface area contributed by atoms with Gasteiger partial charge in [0.1, 0.15) is 0 Å². The number of nitro benzene ring substituents is 1. The van der Waals surface area contributed by atoms with Crippen LogP contribution in [0.25, 0.3) is 0 Å². The van der Waals surface area contributed by atoms with E-state index in [-0.39, 0.29) is 28.5 Å². The smallest absolute Gasteiger partial charge is 0.269 e. The maximum atomic E-state index is 11.2. The highest BCUT2D eigenvalue weighted by Gasteiger charge is 2.39. The predicted octanol–water partition coefficient (Wildman–Crippen LogP) is 5.59. The number of non-ortho nitro benzene ring substituents is 1. The first-order valence-corrected chi connectivity index (χ1v) is 10.0. The van der Waals surface area contributed by atoms with Crippen molar-refractivity contribution >= 4 is 27.3 Å². The van der Waals surface area contributed by atoms with E-state index in [1.807, 2.05) is 19.1 Å². The molecule has 28 heavy (non-hydrogen) atoms. The van der Waals surface area contributed by atoms with Gasteiger partial charge in [0.05, 0.1) is 29.2 Å². The van der Waals surface area contributed by atoms with Crippen molar-refractivity contribution in [1.82, 2.24) is 0 Å². The van der Waals surface area contributed by atoms with Crippen LogP contribution in [-0.2, 0) is 0 Å². The lowest BCUT2D eigenvalue weighted by atomic mass is 9.77. The van der Waals surface area contributed by atoms with Gasteiger partial charge in [0.25, 0.3) is 5.69 Å². The molecule has 7 heteroatoms. The van der Waals surface area contributed by atoms with Crippen LogP contribution in [-0.4, -0.2) is 18.6 Å². The second-order valence-electron chi connectivity index (χ2n) is 6.97. The first kappa shape index (κ1) is 18.8. The first-order chi connectivity index (χ1) is 13.5. The number of halogens is 1. The van der Waals surface area contributed by atoms with Crippen molar-refractivity contribution in [1.29, 1.82) is 0 Å². The molecule has 2 aromatic rings. The molecule has 1 aliphatic carbocycles. The lowest BCUT2D eigenvalue weighted by Crippen LogP contribution is -2.29. The van der Waals surface area contributed by atoms with E-state index in [4.69, 9.17) is 9.47 Å². The summed E-state index contributed by atoms with van der Waals surface area (Å²) in [7, 11) is 1.64. The molecule has 0 aromatic heterocycles. The van der Waals surface area contributed by atoms with Crippen molar-refractivity contribution in [2.75, 3.05) is 19.0 Å².